The highest BCUT2D eigenvalue weighted by molar-refractivity contribution is 6.31. The number of carbonyl (C=O) groups excluding carboxylic acids is 1. The van der Waals surface area contributed by atoms with Crippen LogP contribution in [0.2, 0.25) is 5.02 Å². The normalized spacial score (nSPS) is 11.5. The maximum Gasteiger partial charge on any atom is 0.258 e. The predicted molar refractivity (Wildman–Crippen MR) is 122 cm³/mol. The highest BCUT2D eigenvalue weighted by atomic mass is 35.5. The number of aromatic nitrogens is 2. The molecule has 3 aromatic rings. The zero-order chi connectivity index (χ0) is 23.3. The van der Waals surface area contributed by atoms with Crippen molar-refractivity contribution in [3.63, 3.8) is 0 Å². The van der Waals surface area contributed by atoms with Crippen LogP contribution in [-0.4, -0.2) is 28.2 Å². The quantitative estimate of drug-likeness (QED) is 0.407. The third-order valence-electron chi connectivity index (χ3n) is 4.96. The molecule has 0 saturated heterocycles. The minimum Gasteiger partial charge on any atom is -0.326 e. The Labute approximate surface area is 190 Å². The van der Waals surface area contributed by atoms with Crippen molar-refractivity contribution in [3.8, 4) is 0 Å². The zero-order valence-corrected chi connectivity index (χ0v) is 18.8. The molecule has 32 heavy (non-hydrogen) atoms. The topological polar surface area (TPSA) is 71.3 Å². The van der Waals surface area contributed by atoms with Gasteiger partial charge in [-0.2, -0.15) is 5.10 Å². The van der Waals surface area contributed by atoms with E-state index in [0.717, 1.165) is 29.6 Å². The molecule has 168 valence electrons. The van der Waals surface area contributed by atoms with Crippen molar-refractivity contribution < 1.29 is 13.6 Å². The van der Waals surface area contributed by atoms with Gasteiger partial charge in [0.25, 0.3) is 5.91 Å². The van der Waals surface area contributed by atoms with E-state index < -0.39 is 17.5 Å². The van der Waals surface area contributed by atoms with Gasteiger partial charge in [-0.05, 0) is 69.2 Å². The van der Waals surface area contributed by atoms with E-state index in [4.69, 9.17) is 11.6 Å². The van der Waals surface area contributed by atoms with Gasteiger partial charge in [-0.25, -0.2) is 8.78 Å². The summed E-state index contributed by atoms with van der Waals surface area (Å²) in [6.45, 7) is 7.12. The first-order valence-electron chi connectivity index (χ1n) is 10.1. The number of amides is 1. The third-order valence-corrected chi connectivity index (χ3v) is 5.25. The third kappa shape index (κ3) is 5.70. The van der Waals surface area contributed by atoms with Crippen LogP contribution in [0.15, 0.2) is 47.5 Å². The molecule has 0 bridgehead atoms. The number of anilines is 1. The number of rotatable bonds is 6. The van der Waals surface area contributed by atoms with Crippen LogP contribution >= 0.6 is 11.6 Å². The molecule has 0 spiro atoms. The molecule has 0 fully saturated rings. The lowest BCUT2D eigenvalue weighted by Gasteiger charge is -2.12. The number of aryl methyl sites for hydroxylation is 2. The van der Waals surface area contributed by atoms with Gasteiger partial charge in [0.15, 0.2) is 0 Å². The molecule has 2 aromatic carbocycles. The summed E-state index contributed by atoms with van der Waals surface area (Å²) >= 11 is 5.86. The molecule has 6 nitrogen and oxygen atoms in total. The van der Waals surface area contributed by atoms with Gasteiger partial charge in [-0.1, -0.05) is 17.7 Å². The number of carbonyl (C=O) groups is 1. The van der Waals surface area contributed by atoms with Crippen LogP contribution in [0.4, 0.5) is 14.5 Å². The Morgan fingerprint density at radius 1 is 1.19 bits per heavy atom. The summed E-state index contributed by atoms with van der Waals surface area (Å²) < 4.78 is 28.9. The van der Waals surface area contributed by atoms with E-state index in [1.807, 2.05) is 25.5 Å². The van der Waals surface area contributed by atoms with Crippen LogP contribution in [-0.2, 0) is 13.0 Å². The lowest BCUT2D eigenvalue weighted by molar-refractivity contribution is 0.0976. The zero-order valence-electron chi connectivity index (χ0n) is 18.0. The number of aliphatic imine (C=N–C) groups is 1. The van der Waals surface area contributed by atoms with Crippen LogP contribution in [0.5, 0.6) is 0 Å². The molecular weight excluding hydrogens is 436 g/mol. The first-order valence-corrected chi connectivity index (χ1v) is 10.5. The maximum atomic E-state index is 13.5. The van der Waals surface area contributed by atoms with Crippen molar-refractivity contribution in [1.82, 2.24) is 15.1 Å². The number of guanidine groups is 1. The Morgan fingerprint density at radius 3 is 2.62 bits per heavy atom. The van der Waals surface area contributed by atoms with E-state index in [1.165, 1.54) is 36.4 Å². The van der Waals surface area contributed by atoms with Crippen LogP contribution in [0.3, 0.4) is 0 Å². The molecule has 9 heteroatoms. The fourth-order valence-corrected chi connectivity index (χ4v) is 3.49. The summed E-state index contributed by atoms with van der Waals surface area (Å²) in [6.07, 6.45) is 0.614. The van der Waals surface area contributed by atoms with Crippen LogP contribution in [0.25, 0.3) is 0 Å². The molecule has 2 N–H and O–H groups in total. The number of nitrogens with zero attached hydrogens (tertiary/aromatic N) is 3. The Morgan fingerprint density at radius 2 is 1.97 bits per heavy atom. The number of hydrogen-bond acceptors (Lipinski definition) is 3. The number of hydrogen-bond donors (Lipinski definition) is 2. The fraction of sp³-hybridized carbons (Fsp3) is 0.261. The lowest BCUT2D eigenvalue weighted by Crippen LogP contribution is -2.36. The number of nitrogens with one attached hydrogen (secondary N) is 2. The monoisotopic (exact) mass is 459 g/mol. The summed E-state index contributed by atoms with van der Waals surface area (Å²) in [4.78, 5) is 17.1. The first kappa shape index (κ1) is 23.4. The Bertz CT molecular complexity index is 1160. The molecular formula is C23H24ClF2N5O. The van der Waals surface area contributed by atoms with E-state index in [9.17, 15) is 13.6 Å². The van der Waals surface area contributed by atoms with Crippen molar-refractivity contribution in [2.45, 2.75) is 33.7 Å². The maximum absolute atomic E-state index is 13.5. The second-order valence-corrected chi connectivity index (χ2v) is 7.57. The van der Waals surface area contributed by atoms with Gasteiger partial charge in [-0.3, -0.25) is 19.8 Å². The van der Waals surface area contributed by atoms with Crippen molar-refractivity contribution in [3.05, 3.63) is 81.6 Å². The summed E-state index contributed by atoms with van der Waals surface area (Å²) in [5.41, 5.74) is 3.69. The fourth-order valence-electron chi connectivity index (χ4n) is 3.31. The predicted octanol–water partition coefficient (Wildman–Crippen LogP) is 4.89. The number of benzene rings is 2. The van der Waals surface area contributed by atoms with Gasteiger partial charge in [0.1, 0.15) is 11.6 Å². The van der Waals surface area contributed by atoms with Gasteiger partial charge in [-0.15, -0.1) is 0 Å². The molecule has 1 aromatic heterocycles. The van der Waals surface area contributed by atoms with Crippen molar-refractivity contribution >= 4 is 29.2 Å². The smallest absolute Gasteiger partial charge is 0.258 e. The second kappa shape index (κ2) is 10.4. The van der Waals surface area contributed by atoms with Gasteiger partial charge in [0.2, 0.25) is 5.96 Å². The summed E-state index contributed by atoms with van der Waals surface area (Å²) in [7, 11) is 0. The Balaban J connectivity index is 1.81. The standard InChI is InChI=1S/C23H24ClF2N5O/c1-4-31-15(3)19(14(2)30-31)10-11-27-23(28-18-8-9-21(26)20(24)13-18)29-22(32)16-6-5-7-17(25)12-16/h5-9,12-13H,4,10-11H2,1-3H3,(H2,27,28,29,32). The van der Waals surface area contributed by atoms with Crippen molar-refractivity contribution in [1.29, 1.82) is 0 Å². The Hall–Kier alpha value is -3.26. The van der Waals surface area contributed by atoms with E-state index in [-0.39, 0.29) is 16.5 Å². The molecule has 0 aliphatic carbocycles. The molecule has 1 heterocycles. The highest BCUT2D eigenvalue weighted by Crippen LogP contribution is 2.19. The largest absolute Gasteiger partial charge is 0.326 e. The van der Waals surface area contributed by atoms with Crippen molar-refractivity contribution in [2.75, 3.05) is 11.9 Å². The molecule has 0 unspecified atom stereocenters. The number of halogens is 3. The summed E-state index contributed by atoms with van der Waals surface area (Å²) in [6, 6.07) is 9.41. The molecule has 0 atom stereocenters. The second-order valence-electron chi connectivity index (χ2n) is 7.16. The van der Waals surface area contributed by atoms with Gasteiger partial charge < -0.3 is 5.32 Å². The highest BCUT2D eigenvalue weighted by Gasteiger charge is 2.13. The van der Waals surface area contributed by atoms with Crippen LogP contribution in [0.1, 0.15) is 34.2 Å². The minimum absolute atomic E-state index is 0.0657. The van der Waals surface area contributed by atoms with E-state index in [1.54, 1.807) is 0 Å². The van der Waals surface area contributed by atoms with E-state index >= 15 is 0 Å². The van der Waals surface area contributed by atoms with E-state index in [2.05, 4.69) is 20.7 Å². The van der Waals surface area contributed by atoms with Gasteiger partial charge in [0, 0.05) is 30.0 Å². The lowest BCUT2D eigenvalue weighted by atomic mass is 10.1. The SMILES string of the molecule is CCn1nc(C)c(CCN=C(NC(=O)c2cccc(F)c2)Nc2ccc(F)c(Cl)c2)c1C. The van der Waals surface area contributed by atoms with Crippen LogP contribution in [0, 0.1) is 25.5 Å². The molecule has 0 saturated carbocycles. The van der Waals surface area contributed by atoms with Gasteiger partial charge >= 0.3 is 0 Å². The summed E-state index contributed by atoms with van der Waals surface area (Å²) in [5.74, 6) is -1.47. The average Bonchev–Trinajstić information content (AvgIpc) is 3.03. The Kier molecular flexibility index (Phi) is 7.58. The molecule has 3 rings (SSSR count). The molecule has 1 amide bonds. The molecule has 0 aliphatic rings. The molecule has 0 radical (unpaired) electrons. The first-order chi connectivity index (χ1) is 15.3. The van der Waals surface area contributed by atoms with Gasteiger partial charge in [0.05, 0.1) is 10.7 Å². The minimum atomic E-state index is -0.557. The summed E-state index contributed by atoms with van der Waals surface area (Å²) in [5, 5.41) is 10.0. The average molecular weight is 460 g/mol. The molecule has 0 aliphatic heterocycles. The van der Waals surface area contributed by atoms with E-state index in [0.29, 0.717) is 18.7 Å². The van der Waals surface area contributed by atoms with Crippen molar-refractivity contribution in [2.24, 2.45) is 4.99 Å². The van der Waals surface area contributed by atoms with Crippen LogP contribution < -0.4 is 10.6 Å².